The van der Waals surface area contributed by atoms with Crippen LogP contribution in [0.3, 0.4) is 0 Å². The van der Waals surface area contributed by atoms with E-state index < -0.39 is 50.5 Å². The van der Waals surface area contributed by atoms with Crippen molar-refractivity contribution >= 4 is 45.6 Å². The third kappa shape index (κ3) is 5.20. The van der Waals surface area contributed by atoms with Crippen LogP contribution in [0.15, 0.2) is 66.1 Å². The number of rotatable bonds is 8. The maximum absolute atomic E-state index is 12.9. The maximum Gasteiger partial charge on any atom is 0.352 e. The number of nitrogens with one attached hydrogen (secondary N) is 2. The van der Waals surface area contributed by atoms with Crippen LogP contribution >= 0.6 is 11.8 Å². The zero-order chi connectivity index (χ0) is 26.9. The minimum absolute atomic E-state index is 0.00958. The minimum Gasteiger partial charge on any atom is -0.477 e. The van der Waals surface area contributed by atoms with Gasteiger partial charge in [-0.3, -0.25) is 29.0 Å². The Morgan fingerprint density at radius 2 is 1.78 bits per heavy atom. The number of hydrogen-bond acceptors (Lipinski definition) is 8. The predicted molar refractivity (Wildman–Crippen MR) is 126 cm³/mol. The van der Waals surface area contributed by atoms with Gasteiger partial charge in [0.1, 0.15) is 17.1 Å². The van der Waals surface area contributed by atoms with E-state index in [0.29, 0.717) is 5.57 Å². The van der Waals surface area contributed by atoms with Crippen molar-refractivity contribution in [2.24, 2.45) is 0 Å². The van der Waals surface area contributed by atoms with Crippen LogP contribution in [0.5, 0.6) is 0 Å². The van der Waals surface area contributed by atoms with E-state index in [9.17, 15) is 37.3 Å². The molecule has 1 aromatic carbocycles. The van der Waals surface area contributed by atoms with E-state index in [-0.39, 0.29) is 29.1 Å². The lowest BCUT2D eigenvalue weighted by molar-refractivity contribution is -0.689. The van der Waals surface area contributed by atoms with Crippen molar-refractivity contribution in [1.82, 2.24) is 15.7 Å². The molecule has 37 heavy (non-hydrogen) atoms. The van der Waals surface area contributed by atoms with Gasteiger partial charge in [0.05, 0.1) is 5.56 Å². The van der Waals surface area contributed by atoms with Crippen molar-refractivity contribution in [3.05, 3.63) is 77.3 Å². The predicted octanol–water partition coefficient (Wildman–Crippen LogP) is -0.539. The number of nitrogens with zero attached hydrogens (tertiary/aromatic N) is 2. The molecule has 13 nitrogen and oxygen atoms in total. The summed E-state index contributed by atoms with van der Waals surface area (Å²) in [6, 6.07) is 8.93. The molecule has 0 radical (unpaired) electrons. The van der Waals surface area contributed by atoms with Gasteiger partial charge in [-0.15, -0.1) is 11.8 Å². The molecular formula is C22H21N4O9S2+. The van der Waals surface area contributed by atoms with Gasteiger partial charge in [-0.2, -0.15) is 8.42 Å². The summed E-state index contributed by atoms with van der Waals surface area (Å²) in [7, 11) is -4.86. The zero-order valence-corrected chi connectivity index (χ0v) is 20.5. The number of hydroxylamine groups is 1. The highest BCUT2D eigenvalue weighted by Crippen LogP contribution is 2.40. The van der Waals surface area contributed by atoms with Crippen LogP contribution in [0.1, 0.15) is 21.2 Å². The maximum atomic E-state index is 12.9. The van der Waals surface area contributed by atoms with Crippen molar-refractivity contribution in [2.75, 3.05) is 5.75 Å². The van der Waals surface area contributed by atoms with Gasteiger partial charge in [0.15, 0.2) is 24.2 Å². The van der Waals surface area contributed by atoms with Crippen LogP contribution in [0.25, 0.3) is 0 Å². The Kier molecular flexibility index (Phi) is 7.31. The number of amides is 3. The Balaban J connectivity index is 1.53. The Labute approximate surface area is 214 Å². The second kappa shape index (κ2) is 10.3. The molecule has 3 atom stereocenters. The van der Waals surface area contributed by atoms with E-state index in [4.69, 9.17) is 5.21 Å². The van der Waals surface area contributed by atoms with Gasteiger partial charge in [-0.1, -0.05) is 30.3 Å². The first-order valence-corrected chi connectivity index (χ1v) is 13.2. The average molecular weight is 550 g/mol. The van der Waals surface area contributed by atoms with Crippen LogP contribution in [0.2, 0.25) is 0 Å². The van der Waals surface area contributed by atoms with E-state index >= 15 is 0 Å². The SMILES string of the molecule is O=C(O)C1=C(C[n+]2ccc(C(=O)NO)cc2)CS[C@H]2[C@H](NC(=O)C(c3ccccc3)S(=O)(=O)O)C(=O)N12. The Morgan fingerprint density at radius 1 is 1.14 bits per heavy atom. The number of carbonyl (C=O) groups is 4. The van der Waals surface area contributed by atoms with E-state index in [1.54, 1.807) is 10.6 Å². The largest absolute Gasteiger partial charge is 0.477 e. The van der Waals surface area contributed by atoms with Gasteiger partial charge in [0, 0.05) is 23.5 Å². The van der Waals surface area contributed by atoms with E-state index in [2.05, 4.69) is 5.32 Å². The number of thioether (sulfide) groups is 1. The Bertz CT molecular complexity index is 1390. The number of benzene rings is 1. The lowest BCUT2D eigenvalue weighted by Crippen LogP contribution is -2.71. The fourth-order valence-electron chi connectivity index (χ4n) is 4.12. The van der Waals surface area contributed by atoms with Crippen molar-refractivity contribution in [3.8, 4) is 0 Å². The summed E-state index contributed by atoms with van der Waals surface area (Å²) in [6.07, 6.45) is 3.02. The van der Waals surface area contributed by atoms with Crippen LogP contribution in [0.4, 0.5) is 0 Å². The number of aliphatic carboxylic acids is 1. The summed E-state index contributed by atoms with van der Waals surface area (Å²) >= 11 is 1.19. The fraction of sp³-hybridized carbons (Fsp3) is 0.227. The summed E-state index contributed by atoms with van der Waals surface area (Å²) in [5.74, 6) is -3.72. The molecule has 2 aliphatic rings. The smallest absolute Gasteiger partial charge is 0.352 e. The number of carboxylic acid groups (broad SMARTS) is 1. The Hall–Kier alpha value is -3.79. The molecule has 1 unspecified atom stereocenters. The summed E-state index contributed by atoms with van der Waals surface area (Å²) in [5, 5.41) is 18.2. The van der Waals surface area contributed by atoms with E-state index in [0.717, 1.165) is 4.90 Å². The second-order valence-electron chi connectivity index (χ2n) is 8.16. The molecule has 1 saturated heterocycles. The van der Waals surface area contributed by atoms with Crippen LogP contribution in [-0.2, 0) is 31.0 Å². The molecule has 0 aliphatic carbocycles. The monoisotopic (exact) mass is 549 g/mol. The van der Waals surface area contributed by atoms with Gasteiger partial charge in [-0.25, -0.2) is 14.8 Å². The summed E-state index contributed by atoms with van der Waals surface area (Å²) < 4.78 is 35.1. The molecule has 5 N–H and O–H groups in total. The molecule has 0 spiro atoms. The molecule has 2 aromatic rings. The van der Waals surface area contributed by atoms with Crippen molar-refractivity contribution in [1.29, 1.82) is 0 Å². The molecule has 3 heterocycles. The highest BCUT2D eigenvalue weighted by Gasteiger charge is 2.55. The summed E-state index contributed by atoms with van der Waals surface area (Å²) in [5.41, 5.74) is 1.85. The topological polar surface area (TPSA) is 194 Å². The first kappa shape index (κ1) is 26.3. The number of carbonyl (C=O) groups excluding carboxylic acids is 3. The standard InChI is InChI=1S/C22H20N4O9S2/c27-18(24-32)13-6-8-25(9-7-13)10-14-11-36-21-15(20(29)26(21)16(14)22(30)31)23-19(28)17(37(33,34)35)12-4-2-1-3-5-12/h1-9,15,17,21H,10-11H2,(H4-,23,24,27,28,30,31,32,33,34,35)/p+1/t15-,17?,21+/m1/s1. The lowest BCUT2D eigenvalue weighted by atomic mass is 10.0. The van der Waals surface area contributed by atoms with E-state index in [1.165, 1.54) is 66.0 Å². The van der Waals surface area contributed by atoms with E-state index in [1.807, 2.05) is 0 Å². The number of β-lactam (4-membered cyclic amide) rings is 1. The number of hydrogen-bond donors (Lipinski definition) is 5. The third-order valence-electron chi connectivity index (χ3n) is 5.81. The van der Waals surface area contributed by atoms with Gasteiger partial charge in [0.2, 0.25) is 5.91 Å². The second-order valence-corrected chi connectivity index (χ2v) is 10.8. The number of pyridine rings is 1. The molecule has 4 rings (SSSR count). The zero-order valence-electron chi connectivity index (χ0n) is 18.8. The lowest BCUT2D eigenvalue weighted by Gasteiger charge is -2.49. The molecule has 1 aromatic heterocycles. The minimum atomic E-state index is -4.86. The Morgan fingerprint density at radius 3 is 2.35 bits per heavy atom. The van der Waals surface area contributed by atoms with Crippen LogP contribution < -0.4 is 15.4 Å². The highest BCUT2D eigenvalue weighted by atomic mass is 32.2. The highest BCUT2D eigenvalue weighted by molar-refractivity contribution is 8.00. The molecule has 2 aliphatic heterocycles. The van der Waals surface area contributed by atoms with Gasteiger partial charge < -0.3 is 10.4 Å². The third-order valence-corrected chi connectivity index (χ3v) is 8.24. The molecule has 0 saturated carbocycles. The summed E-state index contributed by atoms with van der Waals surface area (Å²) in [4.78, 5) is 50.3. The number of fused-ring (bicyclic) bond motifs is 1. The average Bonchev–Trinajstić information content (AvgIpc) is 2.86. The van der Waals surface area contributed by atoms with Crippen molar-refractivity contribution < 1.29 is 47.0 Å². The first-order valence-electron chi connectivity index (χ1n) is 10.7. The molecule has 15 heteroatoms. The molecule has 194 valence electrons. The van der Waals surface area contributed by atoms with Gasteiger partial charge in [-0.05, 0) is 5.56 Å². The first-order chi connectivity index (χ1) is 17.5. The number of aromatic nitrogens is 1. The normalized spacial score (nSPS) is 19.9. The van der Waals surface area contributed by atoms with Crippen molar-refractivity contribution in [3.63, 3.8) is 0 Å². The van der Waals surface area contributed by atoms with Crippen LogP contribution in [0, 0.1) is 0 Å². The molecule has 1 fully saturated rings. The van der Waals surface area contributed by atoms with Crippen LogP contribution in [-0.4, -0.2) is 69.0 Å². The molecule has 3 amide bonds. The van der Waals surface area contributed by atoms with Gasteiger partial charge >= 0.3 is 5.97 Å². The van der Waals surface area contributed by atoms with Gasteiger partial charge in [0.25, 0.3) is 21.9 Å². The fourth-order valence-corrected chi connectivity index (χ4v) is 6.29. The van der Waals surface area contributed by atoms with Crippen molar-refractivity contribution in [2.45, 2.75) is 23.2 Å². The summed E-state index contributed by atoms with van der Waals surface area (Å²) in [6.45, 7) is 0.0853. The molecular weight excluding hydrogens is 528 g/mol. The molecule has 0 bridgehead atoms. The number of carboxylic acids is 1. The quantitative estimate of drug-likeness (QED) is 0.0938.